The van der Waals surface area contributed by atoms with Crippen molar-refractivity contribution in [1.29, 1.82) is 0 Å². The Morgan fingerprint density at radius 2 is 2.23 bits per heavy atom. The maximum atomic E-state index is 11.0. The summed E-state index contributed by atoms with van der Waals surface area (Å²) in [5.41, 5.74) is 0. The van der Waals surface area contributed by atoms with Crippen LogP contribution < -0.4 is 10.6 Å². The molecule has 2 fully saturated rings. The molecule has 74 valence electrons. The van der Waals surface area contributed by atoms with Crippen molar-refractivity contribution in [2.24, 2.45) is 11.8 Å². The van der Waals surface area contributed by atoms with Crippen LogP contribution in [0.1, 0.15) is 26.2 Å². The van der Waals surface area contributed by atoms with Crippen LogP contribution in [0.5, 0.6) is 0 Å². The number of carbonyl (C=O) groups excluding carboxylic acids is 1. The fourth-order valence-electron chi connectivity index (χ4n) is 2.79. The van der Waals surface area contributed by atoms with Gasteiger partial charge in [-0.25, -0.2) is 0 Å². The molecule has 1 heterocycles. The van der Waals surface area contributed by atoms with Crippen molar-refractivity contribution in [3.05, 3.63) is 0 Å². The van der Waals surface area contributed by atoms with Crippen LogP contribution in [-0.4, -0.2) is 25.0 Å². The van der Waals surface area contributed by atoms with E-state index in [4.69, 9.17) is 0 Å². The third-order valence-corrected chi connectivity index (χ3v) is 3.39. The summed E-state index contributed by atoms with van der Waals surface area (Å²) in [5, 5.41) is 6.49. The molecule has 3 atom stereocenters. The zero-order valence-electron chi connectivity index (χ0n) is 8.18. The average Bonchev–Trinajstić information content (AvgIpc) is 2.51. The van der Waals surface area contributed by atoms with Gasteiger partial charge in [0.1, 0.15) is 0 Å². The van der Waals surface area contributed by atoms with E-state index in [0.29, 0.717) is 12.0 Å². The van der Waals surface area contributed by atoms with Gasteiger partial charge in [-0.15, -0.1) is 0 Å². The van der Waals surface area contributed by atoms with Gasteiger partial charge in [0, 0.05) is 19.5 Å². The minimum atomic E-state index is 0.123. The molecule has 3 unspecified atom stereocenters. The van der Waals surface area contributed by atoms with Gasteiger partial charge in [-0.1, -0.05) is 6.42 Å². The van der Waals surface area contributed by atoms with Crippen LogP contribution in [0.25, 0.3) is 0 Å². The van der Waals surface area contributed by atoms with Crippen LogP contribution in [0.4, 0.5) is 0 Å². The predicted molar refractivity (Wildman–Crippen MR) is 51.3 cm³/mol. The molecule has 3 heteroatoms. The Morgan fingerprint density at radius 1 is 1.38 bits per heavy atom. The Kier molecular flexibility index (Phi) is 2.54. The van der Waals surface area contributed by atoms with Gasteiger partial charge in [-0.3, -0.25) is 4.79 Å². The quantitative estimate of drug-likeness (QED) is 0.620. The Hall–Kier alpha value is -0.570. The van der Waals surface area contributed by atoms with Crippen molar-refractivity contribution in [3.8, 4) is 0 Å². The second-order valence-corrected chi connectivity index (χ2v) is 4.32. The highest BCUT2D eigenvalue weighted by Gasteiger charge is 2.36. The Labute approximate surface area is 79.3 Å². The summed E-state index contributed by atoms with van der Waals surface area (Å²) in [6.07, 6.45) is 3.78. The molecule has 0 bridgehead atoms. The minimum Gasteiger partial charge on any atom is -0.353 e. The Balaban J connectivity index is 1.97. The summed E-state index contributed by atoms with van der Waals surface area (Å²) in [7, 11) is 0. The number of rotatable bonds is 1. The van der Waals surface area contributed by atoms with Crippen molar-refractivity contribution in [2.75, 3.05) is 13.1 Å². The summed E-state index contributed by atoms with van der Waals surface area (Å²) < 4.78 is 0. The lowest BCUT2D eigenvalue weighted by atomic mass is 9.78. The van der Waals surface area contributed by atoms with Crippen LogP contribution in [0.3, 0.4) is 0 Å². The van der Waals surface area contributed by atoms with Crippen molar-refractivity contribution in [1.82, 2.24) is 10.6 Å². The van der Waals surface area contributed by atoms with Gasteiger partial charge in [0.05, 0.1) is 0 Å². The molecule has 1 saturated carbocycles. The third kappa shape index (κ3) is 1.85. The molecule has 3 nitrogen and oxygen atoms in total. The summed E-state index contributed by atoms with van der Waals surface area (Å²) >= 11 is 0. The first kappa shape index (κ1) is 9.00. The zero-order chi connectivity index (χ0) is 9.26. The topological polar surface area (TPSA) is 41.1 Å². The largest absolute Gasteiger partial charge is 0.353 e. The van der Waals surface area contributed by atoms with Crippen molar-refractivity contribution in [3.63, 3.8) is 0 Å². The van der Waals surface area contributed by atoms with Crippen LogP contribution in [0, 0.1) is 11.8 Å². The second-order valence-electron chi connectivity index (χ2n) is 4.32. The summed E-state index contributed by atoms with van der Waals surface area (Å²) in [6.45, 7) is 3.86. The van der Waals surface area contributed by atoms with E-state index in [9.17, 15) is 4.79 Å². The van der Waals surface area contributed by atoms with Crippen LogP contribution >= 0.6 is 0 Å². The number of hydrogen-bond acceptors (Lipinski definition) is 2. The molecule has 2 rings (SSSR count). The van der Waals surface area contributed by atoms with E-state index in [1.807, 2.05) is 0 Å². The fraction of sp³-hybridized carbons (Fsp3) is 0.900. The molecule has 1 saturated heterocycles. The Bertz CT molecular complexity index is 205. The Morgan fingerprint density at radius 3 is 3.00 bits per heavy atom. The molecular weight excluding hydrogens is 164 g/mol. The van der Waals surface area contributed by atoms with E-state index in [-0.39, 0.29) is 5.91 Å². The highest BCUT2D eigenvalue weighted by molar-refractivity contribution is 5.73. The minimum absolute atomic E-state index is 0.123. The SMILES string of the molecule is CC(=O)NC1CCCC2CNCC21. The summed E-state index contributed by atoms with van der Waals surface area (Å²) in [6, 6.07) is 0.436. The maximum Gasteiger partial charge on any atom is 0.217 e. The van der Waals surface area contributed by atoms with E-state index in [1.54, 1.807) is 6.92 Å². The van der Waals surface area contributed by atoms with E-state index in [2.05, 4.69) is 10.6 Å². The van der Waals surface area contributed by atoms with Crippen molar-refractivity contribution in [2.45, 2.75) is 32.2 Å². The number of nitrogens with one attached hydrogen (secondary N) is 2. The van der Waals surface area contributed by atoms with Gasteiger partial charge in [0.15, 0.2) is 0 Å². The first-order valence-electron chi connectivity index (χ1n) is 5.25. The van der Waals surface area contributed by atoms with Crippen molar-refractivity contribution >= 4 is 5.91 Å². The molecule has 1 amide bonds. The van der Waals surface area contributed by atoms with Gasteiger partial charge < -0.3 is 10.6 Å². The van der Waals surface area contributed by atoms with Crippen LogP contribution in [0.2, 0.25) is 0 Å². The molecule has 0 aromatic carbocycles. The summed E-state index contributed by atoms with van der Waals surface area (Å²) in [5.74, 6) is 1.63. The van der Waals surface area contributed by atoms with Gasteiger partial charge in [-0.05, 0) is 31.2 Å². The lowest BCUT2D eigenvalue weighted by molar-refractivity contribution is -0.120. The lowest BCUT2D eigenvalue weighted by Gasteiger charge is -2.33. The highest BCUT2D eigenvalue weighted by Crippen LogP contribution is 2.32. The normalized spacial score (nSPS) is 38.4. The summed E-state index contributed by atoms with van der Waals surface area (Å²) in [4.78, 5) is 11.0. The first-order valence-corrected chi connectivity index (χ1v) is 5.25. The third-order valence-electron chi connectivity index (χ3n) is 3.39. The molecule has 2 N–H and O–H groups in total. The first-order chi connectivity index (χ1) is 6.27. The van der Waals surface area contributed by atoms with Gasteiger partial charge in [-0.2, -0.15) is 0 Å². The molecule has 0 radical (unpaired) electrons. The fourth-order valence-corrected chi connectivity index (χ4v) is 2.79. The van der Waals surface area contributed by atoms with E-state index >= 15 is 0 Å². The smallest absolute Gasteiger partial charge is 0.217 e. The molecule has 0 aromatic heterocycles. The second kappa shape index (κ2) is 3.66. The maximum absolute atomic E-state index is 11.0. The molecule has 0 spiro atoms. The number of carbonyl (C=O) groups is 1. The number of fused-ring (bicyclic) bond motifs is 1. The molecule has 2 aliphatic rings. The van der Waals surface area contributed by atoms with E-state index < -0.39 is 0 Å². The lowest BCUT2D eigenvalue weighted by Crippen LogP contribution is -2.44. The predicted octanol–water partition coefficient (Wildman–Crippen LogP) is 0.511. The van der Waals surface area contributed by atoms with Crippen LogP contribution in [0.15, 0.2) is 0 Å². The van der Waals surface area contributed by atoms with E-state index in [1.165, 1.54) is 19.3 Å². The molecular formula is C10H18N2O. The average molecular weight is 182 g/mol. The van der Waals surface area contributed by atoms with E-state index in [0.717, 1.165) is 19.0 Å². The van der Waals surface area contributed by atoms with Crippen LogP contribution in [-0.2, 0) is 4.79 Å². The van der Waals surface area contributed by atoms with Crippen molar-refractivity contribution < 1.29 is 4.79 Å². The zero-order valence-corrected chi connectivity index (χ0v) is 8.18. The molecule has 13 heavy (non-hydrogen) atoms. The monoisotopic (exact) mass is 182 g/mol. The highest BCUT2D eigenvalue weighted by atomic mass is 16.1. The van der Waals surface area contributed by atoms with Gasteiger partial charge in [0.25, 0.3) is 0 Å². The molecule has 1 aliphatic heterocycles. The number of amides is 1. The standard InChI is InChI=1S/C10H18N2O/c1-7(13)12-10-4-2-3-8-5-11-6-9(8)10/h8-11H,2-6H2,1H3,(H,12,13). The number of hydrogen-bond donors (Lipinski definition) is 2. The van der Waals surface area contributed by atoms with Gasteiger partial charge in [0.2, 0.25) is 5.91 Å². The van der Waals surface area contributed by atoms with Gasteiger partial charge >= 0.3 is 0 Å². The molecule has 0 aromatic rings. The molecule has 1 aliphatic carbocycles.